The van der Waals surface area contributed by atoms with Gasteiger partial charge in [-0.1, -0.05) is 454 Å². The third-order valence-electron chi connectivity index (χ3n) is 34.6. The lowest BCUT2D eigenvalue weighted by molar-refractivity contribution is 0.436. The molecular weight excluding hydrogens is 1840 g/mol. The van der Waals surface area contributed by atoms with Gasteiger partial charge in [-0.25, -0.2) is 0 Å². The van der Waals surface area contributed by atoms with Gasteiger partial charge in [-0.2, -0.15) is 0 Å². The first-order chi connectivity index (χ1) is 73.9. The summed E-state index contributed by atoms with van der Waals surface area (Å²) >= 11 is 3.81. The molecule has 0 bridgehead atoms. The quantitative estimate of drug-likeness (QED) is 0.143. The second-order valence-electron chi connectivity index (χ2n) is 41.0. The maximum Gasteiger partial charge on any atom is 0.132 e. The largest absolute Gasteiger partial charge is 0.457 e. The topological polar surface area (TPSA) is 24.9 Å². The molecular formula is C143H86N2O2S2. The minimum Gasteiger partial charge on any atom is -0.457 e. The standard InChI is InChI=1S/C143H86N2O2S2/c1-2-37-87(38-3-1)88-77-79-89(80-78-88)92-39-10-24-65-122(92)145(125-68-35-61-117-136(125)98-43-7-14-50-105(98)141(117)111-55-19-27-72-129(111)147-130-73-28-20-56-112(130)141)126-69-36-63-119-137(126)100-45-9-16-52-107(100)143(119)115-59-23-31-76-133(115)149-138-93(46-32-64-120(138)143)90-81-84-108-101(85-90)96-83-82-91(86-121(96)139(108)102-47-11-4-40-94(102)95-41-5-12-48-103(95)139)144(123-66-33-60-116-134(123)97-42-6-13-49-104(97)140(116)109-53-17-25-70-127(109)146-128-71-26-18-54-110(128)140)124-67-34-62-118-135(124)99-44-8-15-51-106(99)142(118)113-57-21-29-74-131(113)148-132-75-30-22-58-114(132)142/h1-86H. The van der Waals surface area contributed by atoms with E-state index < -0.39 is 27.1 Å². The number of fused-ring (bicyclic) bond motifs is 46. The first kappa shape index (κ1) is 83.3. The van der Waals surface area contributed by atoms with Gasteiger partial charge in [0.05, 0.1) is 55.5 Å². The Morgan fingerprint density at radius 2 is 0.430 bits per heavy atom. The number of hydrogen-bond acceptors (Lipinski definition) is 6. The molecule has 4 heterocycles. The minimum atomic E-state index is -0.821. The van der Waals surface area contributed by atoms with E-state index in [1.165, 1.54) is 192 Å². The molecule has 1 atom stereocenters. The zero-order chi connectivity index (χ0) is 97.3. The fourth-order valence-electron chi connectivity index (χ4n) is 29.2. The van der Waals surface area contributed by atoms with Gasteiger partial charge in [-0.15, -0.1) is 0 Å². The van der Waals surface area contributed by atoms with E-state index in [0.717, 1.165) is 96.1 Å². The first-order valence-corrected chi connectivity index (χ1v) is 53.4. The van der Waals surface area contributed by atoms with Crippen LogP contribution in [0.25, 0.3) is 100 Å². The SMILES string of the molecule is c1ccc(-c2ccc(-c3ccccc3N(c3cccc4c3-c3ccccc3C43c4ccccc4Oc4ccccc43)c3cccc4c3-c3ccccc3C43c4ccccc4Sc4c(-c5ccc6c(c5)-c5ccc(N(c7cccc8c7-c7ccccc7C87c8ccccc8Oc8ccccc87)c7cccc8c7-c7ccccc7C87c8ccccc8Sc8ccccc87)cc5C65c6ccccc6-c6ccccc65)cccc43)cc2)cc1. The maximum atomic E-state index is 7.06. The third kappa shape index (κ3) is 10.7. The predicted octanol–water partition coefficient (Wildman–Crippen LogP) is 36.6. The van der Waals surface area contributed by atoms with Gasteiger partial charge in [0.15, 0.2) is 0 Å². The van der Waals surface area contributed by atoms with Gasteiger partial charge in [0, 0.05) is 75.3 Å². The van der Waals surface area contributed by atoms with Crippen LogP contribution in [0.2, 0.25) is 0 Å². The Balaban J connectivity index is 0.607. The van der Waals surface area contributed by atoms with E-state index in [1.54, 1.807) is 0 Å². The van der Waals surface area contributed by atoms with Crippen molar-refractivity contribution in [2.45, 2.75) is 46.7 Å². The Kier molecular flexibility index (Phi) is 17.3. The Hall–Kier alpha value is -18.0. The number of rotatable bonds is 9. The van der Waals surface area contributed by atoms with Crippen molar-refractivity contribution in [1.29, 1.82) is 0 Å². The van der Waals surface area contributed by atoms with E-state index in [1.807, 2.05) is 23.5 Å². The minimum absolute atomic E-state index is 0.656. The molecule has 4 aliphatic heterocycles. The monoisotopic (exact) mass is 1930 g/mol. The van der Waals surface area contributed by atoms with Crippen LogP contribution in [0.15, 0.2) is 541 Å². The van der Waals surface area contributed by atoms with Gasteiger partial charge < -0.3 is 19.3 Å². The van der Waals surface area contributed by atoms with Crippen LogP contribution in [0, 0.1) is 0 Å². The highest BCUT2D eigenvalue weighted by atomic mass is 32.2. The van der Waals surface area contributed by atoms with Crippen LogP contribution in [-0.2, 0) is 27.1 Å². The Morgan fingerprint density at radius 1 is 0.148 bits per heavy atom. The fourth-order valence-corrected chi connectivity index (χ4v) is 31.7. The third-order valence-corrected chi connectivity index (χ3v) is 36.9. The Labute approximate surface area is 872 Å². The zero-order valence-corrected chi connectivity index (χ0v) is 82.3. The molecule has 4 nitrogen and oxygen atoms in total. The molecule has 33 rings (SSSR count). The van der Waals surface area contributed by atoms with E-state index in [4.69, 9.17) is 9.47 Å². The van der Waals surface area contributed by atoms with Crippen molar-refractivity contribution in [3.63, 3.8) is 0 Å². The van der Waals surface area contributed by atoms with Gasteiger partial charge in [-0.05, 0) is 252 Å². The summed E-state index contributed by atoms with van der Waals surface area (Å²) in [7, 11) is 0. The summed E-state index contributed by atoms with van der Waals surface area (Å²) in [4.78, 5) is 10.4. The molecule has 0 radical (unpaired) electrons. The van der Waals surface area contributed by atoms with E-state index in [9.17, 15) is 0 Å². The zero-order valence-electron chi connectivity index (χ0n) is 80.7. The van der Waals surface area contributed by atoms with Crippen molar-refractivity contribution in [3.05, 3.63) is 633 Å². The summed E-state index contributed by atoms with van der Waals surface area (Å²) in [6.45, 7) is 0. The van der Waals surface area contributed by atoms with Crippen LogP contribution in [0.5, 0.6) is 23.0 Å². The summed E-state index contributed by atoms with van der Waals surface area (Å²) in [6, 6.07) is 199. The van der Waals surface area contributed by atoms with Crippen LogP contribution in [0.1, 0.15) is 111 Å². The predicted molar refractivity (Wildman–Crippen MR) is 606 cm³/mol. The van der Waals surface area contributed by atoms with Gasteiger partial charge in [0.2, 0.25) is 0 Å². The number of hydrogen-bond donors (Lipinski definition) is 0. The van der Waals surface area contributed by atoms with E-state index in [0.29, 0.717) is 0 Å². The van der Waals surface area contributed by atoms with Gasteiger partial charge in [0.1, 0.15) is 23.0 Å². The Bertz CT molecular complexity index is 9430. The second-order valence-corrected chi connectivity index (χ2v) is 43.1. The molecule has 0 aromatic heterocycles. The second kappa shape index (κ2) is 31.0. The summed E-state index contributed by atoms with van der Waals surface area (Å²) in [5.74, 6) is 3.44. The molecule has 23 aromatic carbocycles. The lowest BCUT2D eigenvalue weighted by atomic mass is 9.66. The summed E-state index contributed by atoms with van der Waals surface area (Å²) in [5, 5.41) is 0. The molecule has 149 heavy (non-hydrogen) atoms. The molecule has 0 N–H and O–H groups in total. The molecule has 10 aliphatic rings. The highest BCUT2D eigenvalue weighted by Crippen LogP contribution is 2.74. The van der Waals surface area contributed by atoms with E-state index in [2.05, 4.69) is 532 Å². The van der Waals surface area contributed by atoms with Crippen LogP contribution >= 0.6 is 23.5 Å². The maximum absolute atomic E-state index is 7.06. The van der Waals surface area contributed by atoms with Gasteiger partial charge in [-0.3, -0.25) is 0 Å². The molecule has 0 fully saturated rings. The smallest absolute Gasteiger partial charge is 0.132 e. The van der Waals surface area contributed by atoms with Crippen LogP contribution in [0.4, 0.5) is 34.1 Å². The highest BCUT2D eigenvalue weighted by molar-refractivity contribution is 8.00. The number of para-hydroxylation sites is 5. The van der Waals surface area contributed by atoms with Crippen molar-refractivity contribution < 1.29 is 9.47 Å². The average Bonchev–Trinajstić information content (AvgIpc) is 1.50. The van der Waals surface area contributed by atoms with Crippen molar-refractivity contribution in [2.75, 3.05) is 9.80 Å². The normalized spacial score (nSPS) is 15.5. The molecule has 0 amide bonds. The molecule has 0 saturated heterocycles. The molecule has 23 aromatic rings. The van der Waals surface area contributed by atoms with Crippen molar-refractivity contribution in [1.82, 2.24) is 0 Å². The number of anilines is 6. The number of ether oxygens (including phenoxy) is 2. The van der Waals surface area contributed by atoms with Gasteiger partial charge >= 0.3 is 0 Å². The summed E-state index contributed by atoms with van der Waals surface area (Å²) < 4.78 is 14.1. The van der Waals surface area contributed by atoms with Crippen LogP contribution in [-0.4, -0.2) is 0 Å². The first-order valence-electron chi connectivity index (χ1n) is 51.7. The lowest BCUT2D eigenvalue weighted by Crippen LogP contribution is -2.32. The highest BCUT2D eigenvalue weighted by Gasteiger charge is 2.60. The van der Waals surface area contributed by atoms with E-state index >= 15 is 0 Å². The van der Waals surface area contributed by atoms with Crippen LogP contribution < -0.4 is 19.3 Å². The average molecular weight is 1930 g/mol. The summed E-state index contributed by atoms with van der Waals surface area (Å²) in [6.07, 6.45) is 0. The molecule has 0 saturated carbocycles. The van der Waals surface area contributed by atoms with E-state index in [-0.39, 0.29) is 0 Å². The van der Waals surface area contributed by atoms with Crippen molar-refractivity contribution in [3.8, 4) is 123 Å². The fraction of sp³-hybridized carbons (Fsp3) is 0.0350. The number of benzene rings is 23. The molecule has 692 valence electrons. The molecule has 6 heteroatoms. The molecule has 5 spiro atoms. The molecule has 6 aliphatic carbocycles. The van der Waals surface area contributed by atoms with Crippen molar-refractivity contribution >= 4 is 57.6 Å². The van der Waals surface area contributed by atoms with Crippen LogP contribution in [0.3, 0.4) is 0 Å². The number of nitrogens with zero attached hydrogens (tertiary/aromatic N) is 2. The van der Waals surface area contributed by atoms with Gasteiger partial charge in [0.25, 0.3) is 0 Å². The lowest BCUT2D eigenvalue weighted by Gasteiger charge is -2.40. The van der Waals surface area contributed by atoms with Crippen molar-refractivity contribution in [2.24, 2.45) is 0 Å². The Morgan fingerprint density at radius 3 is 0.879 bits per heavy atom. The molecule has 1 unspecified atom stereocenters. The summed E-state index contributed by atoms with van der Waals surface area (Å²) in [5.41, 5.74) is 48.8.